The van der Waals surface area contributed by atoms with Gasteiger partial charge in [0.2, 0.25) is 5.95 Å². The molecule has 27 heavy (non-hydrogen) atoms. The summed E-state index contributed by atoms with van der Waals surface area (Å²) in [7, 11) is 1.61. The second kappa shape index (κ2) is 7.70. The molecule has 0 bridgehead atoms. The van der Waals surface area contributed by atoms with Crippen LogP contribution in [0.15, 0.2) is 73.1 Å². The molecular weight excluding hydrogens is 340 g/mol. The van der Waals surface area contributed by atoms with Gasteiger partial charge in [-0.3, -0.25) is 0 Å². The number of para-hydroxylation sites is 1. The van der Waals surface area contributed by atoms with E-state index in [-0.39, 0.29) is 0 Å². The van der Waals surface area contributed by atoms with Gasteiger partial charge in [0.25, 0.3) is 0 Å². The molecule has 6 heteroatoms. The fraction of sp³-hybridized carbons (Fsp3) is 0.0952. The van der Waals surface area contributed by atoms with Crippen molar-refractivity contribution in [2.24, 2.45) is 0 Å². The first-order valence-corrected chi connectivity index (χ1v) is 8.51. The third kappa shape index (κ3) is 3.95. The van der Waals surface area contributed by atoms with Crippen LogP contribution in [-0.4, -0.2) is 22.1 Å². The molecule has 2 aromatic heterocycles. The number of hydrogen-bond acceptors (Lipinski definition) is 6. The number of hydrogen-bond donors (Lipinski definition) is 1. The molecule has 0 atom stereocenters. The third-order valence-electron chi connectivity index (χ3n) is 4.02. The van der Waals surface area contributed by atoms with Gasteiger partial charge in [-0.05, 0) is 30.3 Å². The molecule has 2 heterocycles. The first kappa shape index (κ1) is 16.8. The molecule has 0 amide bonds. The third-order valence-corrected chi connectivity index (χ3v) is 4.02. The van der Waals surface area contributed by atoms with Crippen LogP contribution in [0.3, 0.4) is 0 Å². The lowest BCUT2D eigenvalue weighted by atomic mass is 10.2. The van der Waals surface area contributed by atoms with Gasteiger partial charge < -0.3 is 14.8 Å². The first-order chi connectivity index (χ1) is 13.3. The number of ether oxygens (including phenoxy) is 2. The molecule has 0 aliphatic heterocycles. The Bertz CT molecular complexity index is 1050. The topological polar surface area (TPSA) is 69.2 Å². The molecular formula is C21H18N4O2. The maximum Gasteiger partial charge on any atom is 0.227 e. The molecule has 4 aromatic rings. The monoisotopic (exact) mass is 358 g/mol. The van der Waals surface area contributed by atoms with Crippen LogP contribution in [0.4, 0.5) is 11.6 Å². The van der Waals surface area contributed by atoms with Crippen molar-refractivity contribution in [1.82, 2.24) is 15.0 Å². The van der Waals surface area contributed by atoms with Crippen LogP contribution in [-0.2, 0) is 6.61 Å². The van der Waals surface area contributed by atoms with E-state index in [0.29, 0.717) is 24.1 Å². The highest BCUT2D eigenvalue weighted by molar-refractivity contribution is 5.78. The van der Waals surface area contributed by atoms with Gasteiger partial charge in [-0.2, -0.15) is 0 Å². The zero-order valence-corrected chi connectivity index (χ0v) is 14.8. The van der Waals surface area contributed by atoms with E-state index >= 15 is 0 Å². The van der Waals surface area contributed by atoms with Gasteiger partial charge in [0.1, 0.15) is 6.61 Å². The SMILES string of the molecule is COc1ccc(Nc2ncccn2)cc1OCc1ccc2ccccc2n1. The van der Waals surface area contributed by atoms with Gasteiger partial charge in [0.15, 0.2) is 11.5 Å². The second-order valence-electron chi connectivity index (χ2n) is 5.85. The highest BCUT2D eigenvalue weighted by Gasteiger charge is 2.08. The van der Waals surface area contributed by atoms with Crippen LogP contribution in [0.5, 0.6) is 11.5 Å². The number of methoxy groups -OCH3 is 1. The molecule has 0 saturated carbocycles. The van der Waals surface area contributed by atoms with Crippen molar-refractivity contribution in [2.75, 3.05) is 12.4 Å². The summed E-state index contributed by atoms with van der Waals surface area (Å²) in [5.74, 6) is 1.79. The standard InChI is InChI=1S/C21H18N4O2/c1-26-19-10-9-16(25-21-22-11-4-12-23-21)13-20(19)27-14-17-8-7-15-5-2-3-6-18(15)24-17/h2-13H,14H2,1H3,(H,22,23,25). The van der Waals surface area contributed by atoms with Gasteiger partial charge >= 0.3 is 0 Å². The Balaban J connectivity index is 1.53. The zero-order valence-electron chi connectivity index (χ0n) is 14.8. The number of nitrogens with one attached hydrogen (secondary N) is 1. The number of pyridine rings is 1. The Kier molecular flexibility index (Phi) is 4.78. The van der Waals surface area contributed by atoms with E-state index in [2.05, 4.69) is 20.3 Å². The van der Waals surface area contributed by atoms with E-state index in [1.165, 1.54) is 0 Å². The molecule has 0 aliphatic carbocycles. The maximum absolute atomic E-state index is 5.97. The van der Waals surface area contributed by atoms with Crippen molar-refractivity contribution >= 4 is 22.5 Å². The van der Waals surface area contributed by atoms with Crippen LogP contribution >= 0.6 is 0 Å². The fourth-order valence-corrected chi connectivity index (χ4v) is 2.70. The van der Waals surface area contributed by atoms with Gasteiger partial charge in [0.05, 0.1) is 18.3 Å². The van der Waals surface area contributed by atoms with Crippen molar-refractivity contribution in [3.8, 4) is 11.5 Å². The van der Waals surface area contributed by atoms with E-state index in [9.17, 15) is 0 Å². The van der Waals surface area contributed by atoms with Crippen LogP contribution < -0.4 is 14.8 Å². The minimum atomic E-state index is 0.340. The fourth-order valence-electron chi connectivity index (χ4n) is 2.70. The van der Waals surface area contributed by atoms with Crippen LogP contribution in [0.25, 0.3) is 10.9 Å². The normalized spacial score (nSPS) is 10.6. The number of fused-ring (bicyclic) bond motifs is 1. The average molecular weight is 358 g/mol. The largest absolute Gasteiger partial charge is 0.493 e. The minimum absolute atomic E-state index is 0.340. The molecule has 4 rings (SSSR count). The van der Waals surface area contributed by atoms with Crippen LogP contribution in [0.2, 0.25) is 0 Å². The maximum atomic E-state index is 5.97. The van der Waals surface area contributed by atoms with E-state index < -0.39 is 0 Å². The van der Waals surface area contributed by atoms with Gasteiger partial charge in [-0.1, -0.05) is 24.3 Å². The summed E-state index contributed by atoms with van der Waals surface area (Å²) in [5, 5.41) is 4.25. The highest BCUT2D eigenvalue weighted by atomic mass is 16.5. The lowest BCUT2D eigenvalue weighted by Gasteiger charge is -2.13. The molecule has 0 saturated heterocycles. The second-order valence-corrected chi connectivity index (χ2v) is 5.85. The van der Waals surface area contributed by atoms with Gasteiger partial charge in [0, 0.05) is 29.5 Å². The summed E-state index contributed by atoms with van der Waals surface area (Å²) in [5.41, 5.74) is 2.60. The predicted octanol–water partition coefficient (Wildman–Crippen LogP) is 4.36. The molecule has 6 nitrogen and oxygen atoms in total. The van der Waals surface area contributed by atoms with E-state index in [1.54, 1.807) is 25.6 Å². The summed E-state index contributed by atoms with van der Waals surface area (Å²) in [6.07, 6.45) is 3.36. The van der Waals surface area contributed by atoms with Crippen molar-refractivity contribution in [2.45, 2.75) is 6.61 Å². The van der Waals surface area contributed by atoms with Gasteiger partial charge in [-0.15, -0.1) is 0 Å². The lowest BCUT2D eigenvalue weighted by Crippen LogP contribution is -2.01. The van der Waals surface area contributed by atoms with E-state index in [1.807, 2.05) is 54.6 Å². The van der Waals surface area contributed by atoms with Crippen molar-refractivity contribution < 1.29 is 9.47 Å². The molecule has 2 aromatic carbocycles. The molecule has 134 valence electrons. The average Bonchev–Trinajstić information content (AvgIpc) is 2.73. The molecule has 1 N–H and O–H groups in total. The number of anilines is 2. The van der Waals surface area contributed by atoms with Crippen molar-refractivity contribution in [3.05, 3.63) is 78.8 Å². The van der Waals surface area contributed by atoms with Crippen LogP contribution in [0.1, 0.15) is 5.69 Å². The molecule has 0 aliphatic rings. The summed E-state index contributed by atoms with van der Waals surface area (Å²) in [6.45, 7) is 0.340. The minimum Gasteiger partial charge on any atom is -0.493 e. The Morgan fingerprint density at radius 3 is 2.59 bits per heavy atom. The Hall–Kier alpha value is -3.67. The predicted molar refractivity (Wildman–Crippen MR) is 104 cm³/mol. The van der Waals surface area contributed by atoms with E-state index in [4.69, 9.17) is 9.47 Å². The number of nitrogens with zero attached hydrogens (tertiary/aromatic N) is 3. The Morgan fingerprint density at radius 2 is 1.74 bits per heavy atom. The molecule has 0 unspecified atom stereocenters. The van der Waals surface area contributed by atoms with Gasteiger partial charge in [-0.25, -0.2) is 15.0 Å². The Morgan fingerprint density at radius 1 is 0.889 bits per heavy atom. The lowest BCUT2D eigenvalue weighted by molar-refractivity contribution is 0.281. The van der Waals surface area contributed by atoms with Crippen molar-refractivity contribution in [3.63, 3.8) is 0 Å². The van der Waals surface area contributed by atoms with E-state index in [0.717, 1.165) is 22.3 Å². The Labute approximate surface area is 156 Å². The summed E-state index contributed by atoms with van der Waals surface area (Å²) in [6, 6.07) is 19.4. The van der Waals surface area contributed by atoms with Crippen LogP contribution in [0, 0.1) is 0 Å². The number of benzene rings is 2. The molecule has 0 radical (unpaired) electrons. The zero-order chi connectivity index (χ0) is 18.5. The smallest absolute Gasteiger partial charge is 0.227 e. The molecule has 0 spiro atoms. The summed E-state index contributed by atoms with van der Waals surface area (Å²) in [4.78, 5) is 13.0. The number of aromatic nitrogens is 3. The summed E-state index contributed by atoms with van der Waals surface area (Å²) < 4.78 is 11.4. The highest BCUT2D eigenvalue weighted by Crippen LogP contribution is 2.31. The number of rotatable bonds is 6. The first-order valence-electron chi connectivity index (χ1n) is 8.51. The quantitative estimate of drug-likeness (QED) is 0.552. The molecule has 0 fully saturated rings. The summed E-state index contributed by atoms with van der Waals surface area (Å²) >= 11 is 0. The van der Waals surface area contributed by atoms with Crippen molar-refractivity contribution in [1.29, 1.82) is 0 Å².